The lowest BCUT2D eigenvalue weighted by Gasteiger charge is -2.15. The van der Waals surface area contributed by atoms with Crippen LogP contribution in [0.1, 0.15) is 36.1 Å². The van der Waals surface area contributed by atoms with E-state index < -0.39 is 0 Å². The predicted molar refractivity (Wildman–Crippen MR) is 92.7 cm³/mol. The molecule has 8 nitrogen and oxygen atoms in total. The Bertz CT molecular complexity index is 928. The van der Waals surface area contributed by atoms with Crippen LogP contribution in [0.2, 0.25) is 0 Å². The van der Waals surface area contributed by atoms with Gasteiger partial charge in [-0.25, -0.2) is 9.78 Å². The number of oxazole rings is 1. The maximum Gasteiger partial charge on any atom is 0.317 e. The third-order valence-electron chi connectivity index (χ3n) is 4.33. The first kappa shape index (κ1) is 16.4. The van der Waals surface area contributed by atoms with E-state index in [-0.39, 0.29) is 12.6 Å². The second-order valence-electron chi connectivity index (χ2n) is 6.45. The van der Waals surface area contributed by atoms with Crippen LogP contribution in [0.5, 0.6) is 5.75 Å². The number of carbonyl (C=O) groups excluding carboxylic acids is 1. The van der Waals surface area contributed by atoms with E-state index in [2.05, 4.69) is 15.5 Å². The van der Waals surface area contributed by atoms with Gasteiger partial charge in [0, 0.05) is 25.1 Å². The number of urea groups is 1. The second kappa shape index (κ2) is 6.70. The van der Waals surface area contributed by atoms with Crippen molar-refractivity contribution in [2.45, 2.75) is 31.8 Å². The monoisotopic (exact) mass is 356 g/mol. The molecule has 0 radical (unpaired) electrons. The topological polar surface area (TPSA) is 93.6 Å². The van der Waals surface area contributed by atoms with Gasteiger partial charge in [-0.2, -0.15) is 0 Å². The van der Waals surface area contributed by atoms with Crippen LogP contribution in [-0.2, 0) is 13.1 Å². The number of nitrogens with zero attached hydrogens (tertiary/aromatic N) is 3. The Hall–Kier alpha value is -3.03. The molecule has 2 heterocycles. The van der Waals surface area contributed by atoms with E-state index in [1.807, 2.05) is 6.07 Å². The molecule has 1 aliphatic rings. The van der Waals surface area contributed by atoms with Crippen molar-refractivity contribution < 1.29 is 18.5 Å². The molecule has 2 amide bonds. The van der Waals surface area contributed by atoms with Crippen molar-refractivity contribution in [1.29, 1.82) is 0 Å². The first-order chi connectivity index (χ1) is 12.6. The molecule has 0 unspecified atom stereocenters. The number of aromatic nitrogens is 2. The molecule has 0 spiro atoms. The Morgan fingerprint density at radius 2 is 2.23 bits per heavy atom. The Kier molecular flexibility index (Phi) is 4.24. The molecule has 2 aromatic heterocycles. The largest absolute Gasteiger partial charge is 0.497 e. The van der Waals surface area contributed by atoms with E-state index >= 15 is 0 Å². The number of rotatable bonds is 6. The van der Waals surface area contributed by atoms with E-state index in [0.717, 1.165) is 24.3 Å². The quantitative estimate of drug-likeness (QED) is 0.729. The normalized spacial score (nSPS) is 13.8. The van der Waals surface area contributed by atoms with E-state index in [4.69, 9.17) is 13.7 Å². The summed E-state index contributed by atoms with van der Waals surface area (Å²) in [7, 11) is 3.30. The molecule has 1 saturated carbocycles. The molecule has 4 rings (SSSR count). The molecule has 3 aromatic rings. The van der Waals surface area contributed by atoms with Gasteiger partial charge in [0.1, 0.15) is 22.7 Å². The third-order valence-corrected chi connectivity index (χ3v) is 4.33. The summed E-state index contributed by atoms with van der Waals surface area (Å²) in [5.41, 5.74) is 2.09. The van der Waals surface area contributed by atoms with Gasteiger partial charge in [-0.05, 0) is 25.0 Å². The number of benzene rings is 1. The van der Waals surface area contributed by atoms with Gasteiger partial charge in [0.15, 0.2) is 5.58 Å². The molecule has 1 N–H and O–H groups in total. The van der Waals surface area contributed by atoms with Crippen molar-refractivity contribution in [3.8, 4) is 5.75 Å². The number of hydrogen-bond donors (Lipinski definition) is 1. The highest BCUT2D eigenvalue weighted by Gasteiger charge is 2.28. The van der Waals surface area contributed by atoms with E-state index in [1.54, 1.807) is 37.3 Å². The van der Waals surface area contributed by atoms with E-state index in [0.29, 0.717) is 35.2 Å². The fourth-order valence-corrected chi connectivity index (χ4v) is 2.72. The fraction of sp³-hybridized carbons (Fsp3) is 0.389. The summed E-state index contributed by atoms with van der Waals surface area (Å²) in [6, 6.07) is 7.08. The number of hydrogen-bond acceptors (Lipinski definition) is 6. The lowest BCUT2D eigenvalue weighted by Crippen LogP contribution is -2.36. The molecule has 1 aromatic carbocycles. The van der Waals surface area contributed by atoms with Crippen LogP contribution in [0, 0.1) is 0 Å². The average molecular weight is 356 g/mol. The number of amides is 2. The van der Waals surface area contributed by atoms with Crippen LogP contribution in [-0.4, -0.2) is 35.2 Å². The Balaban J connectivity index is 1.33. The minimum Gasteiger partial charge on any atom is -0.497 e. The molecule has 1 fully saturated rings. The molecule has 0 atom stereocenters. The van der Waals surface area contributed by atoms with Crippen molar-refractivity contribution in [3.63, 3.8) is 0 Å². The summed E-state index contributed by atoms with van der Waals surface area (Å²) in [5.74, 6) is 2.57. The fourth-order valence-electron chi connectivity index (χ4n) is 2.72. The highest BCUT2D eigenvalue weighted by atomic mass is 16.5. The van der Waals surface area contributed by atoms with Gasteiger partial charge in [0.2, 0.25) is 5.89 Å². The Morgan fingerprint density at radius 1 is 1.38 bits per heavy atom. The first-order valence-electron chi connectivity index (χ1n) is 8.50. The number of ether oxygens (including phenoxy) is 1. The molecule has 0 aliphatic heterocycles. The van der Waals surface area contributed by atoms with Crippen LogP contribution in [0.3, 0.4) is 0 Å². The molecule has 0 bridgehead atoms. The highest BCUT2D eigenvalue weighted by Crippen LogP contribution is 2.40. The zero-order valence-electron chi connectivity index (χ0n) is 14.7. The van der Waals surface area contributed by atoms with Crippen molar-refractivity contribution in [2.24, 2.45) is 0 Å². The maximum atomic E-state index is 12.3. The van der Waals surface area contributed by atoms with Gasteiger partial charge in [0.25, 0.3) is 0 Å². The highest BCUT2D eigenvalue weighted by molar-refractivity contribution is 5.75. The van der Waals surface area contributed by atoms with Crippen molar-refractivity contribution in [2.75, 3.05) is 14.2 Å². The van der Waals surface area contributed by atoms with Gasteiger partial charge in [-0.15, -0.1) is 0 Å². The standard InChI is InChI=1S/C18H20N4O4/c1-22(10-12-7-16(26-21-12)11-3-4-11)18(23)19-9-17-20-14-8-13(24-2)5-6-15(14)25-17/h5-8,11H,3-4,9-10H2,1-2H3,(H,19,23). The molecule has 1 aliphatic carbocycles. The molecule has 0 saturated heterocycles. The van der Waals surface area contributed by atoms with Crippen LogP contribution < -0.4 is 10.1 Å². The zero-order chi connectivity index (χ0) is 18.1. The van der Waals surface area contributed by atoms with Crippen LogP contribution in [0.15, 0.2) is 33.2 Å². The summed E-state index contributed by atoms with van der Waals surface area (Å²) in [6.07, 6.45) is 2.31. The van der Waals surface area contributed by atoms with Gasteiger partial charge >= 0.3 is 6.03 Å². The Morgan fingerprint density at radius 3 is 3.00 bits per heavy atom. The van der Waals surface area contributed by atoms with Crippen molar-refractivity contribution in [1.82, 2.24) is 20.4 Å². The number of fused-ring (bicyclic) bond motifs is 1. The summed E-state index contributed by atoms with van der Waals surface area (Å²) in [6.45, 7) is 0.582. The van der Waals surface area contributed by atoms with Crippen molar-refractivity contribution >= 4 is 17.1 Å². The minimum absolute atomic E-state index is 0.201. The lowest BCUT2D eigenvalue weighted by molar-refractivity contribution is 0.204. The van der Waals surface area contributed by atoms with Crippen LogP contribution >= 0.6 is 0 Å². The number of carbonyl (C=O) groups is 1. The summed E-state index contributed by atoms with van der Waals surface area (Å²) in [4.78, 5) is 18.2. The smallest absolute Gasteiger partial charge is 0.317 e. The number of methoxy groups -OCH3 is 1. The summed E-state index contributed by atoms with van der Waals surface area (Å²) in [5, 5.41) is 6.82. The van der Waals surface area contributed by atoms with Gasteiger partial charge in [-0.3, -0.25) is 0 Å². The molecule has 26 heavy (non-hydrogen) atoms. The first-order valence-corrected chi connectivity index (χ1v) is 8.50. The van der Waals surface area contributed by atoms with Crippen LogP contribution in [0.4, 0.5) is 4.79 Å². The van der Waals surface area contributed by atoms with Gasteiger partial charge in [0.05, 0.1) is 20.2 Å². The minimum atomic E-state index is -0.235. The summed E-state index contributed by atoms with van der Waals surface area (Å²) < 4.78 is 16.1. The molecule has 136 valence electrons. The Labute approximate surface area is 150 Å². The summed E-state index contributed by atoms with van der Waals surface area (Å²) >= 11 is 0. The van der Waals surface area contributed by atoms with Crippen molar-refractivity contribution in [3.05, 3.63) is 41.6 Å². The third kappa shape index (κ3) is 3.49. The predicted octanol–water partition coefficient (Wildman–Crippen LogP) is 3.04. The zero-order valence-corrected chi connectivity index (χ0v) is 14.7. The maximum absolute atomic E-state index is 12.3. The number of nitrogens with one attached hydrogen (secondary N) is 1. The van der Waals surface area contributed by atoms with E-state index in [1.165, 1.54) is 0 Å². The van der Waals surface area contributed by atoms with Crippen LogP contribution in [0.25, 0.3) is 11.1 Å². The molecular weight excluding hydrogens is 336 g/mol. The molecule has 8 heteroatoms. The average Bonchev–Trinajstić information content (AvgIpc) is 3.25. The molecular formula is C18H20N4O4. The van der Waals surface area contributed by atoms with Gasteiger partial charge < -0.3 is 23.9 Å². The SMILES string of the molecule is COc1ccc2oc(CNC(=O)N(C)Cc3cc(C4CC4)on3)nc2c1. The lowest BCUT2D eigenvalue weighted by atomic mass is 10.3. The van der Waals surface area contributed by atoms with E-state index in [9.17, 15) is 4.79 Å². The van der Waals surface area contributed by atoms with Gasteiger partial charge in [-0.1, -0.05) is 5.16 Å². The second-order valence-corrected chi connectivity index (χ2v) is 6.45.